The van der Waals surface area contributed by atoms with Crippen LogP contribution in [0.15, 0.2) is 30.3 Å². The normalized spacial score (nSPS) is 14.3. The van der Waals surface area contributed by atoms with Gasteiger partial charge in [0.15, 0.2) is 9.84 Å². The van der Waals surface area contributed by atoms with E-state index in [9.17, 15) is 18.3 Å². The average molecular weight is 327 g/mol. The summed E-state index contributed by atoms with van der Waals surface area (Å²) in [5, 5.41) is 11.8. The number of amides is 1. The van der Waals surface area contributed by atoms with E-state index >= 15 is 0 Å². The monoisotopic (exact) mass is 327 g/mol. The molecule has 2 N–H and O–H groups in total. The third-order valence-corrected chi connectivity index (χ3v) is 5.30. The molecule has 0 aliphatic carbocycles. The highest BCUT2D eigenvalue weighted by atomic mass is 32.2. The van der Waals surface area contributed by atoms with Gasteiger partial charge >= 0.3 is 0 Å². The molecule has 0 fully saturated rings. The third kappa shape index (κ3) is 6.58. The van der Waals surface area contributed by atoms with E-state index in [0.717, 1.165) is 5.56 Å². The fourth-order valence-corrected chi connectivity index (χ4v) is 3.23. The summed E-state index contributed by atoms with van der Waals surface area (Å²) in [6.07, 6.45) is 1.69. The van der Waals surface area contributed by atoms with Crippen LogP contribution in [0.5, 0.6) is 0 Å². The molecule has 1 rings (SSSR count). The van der Waals surface area contributed by atoms with Crippen molar-refractivity contribution in [1.82, 2.24) is 5.32 Å². The first kappa shape index (κ1) is 18.6. The predicted octanol–water partition coefficient (Wildman–Crippen LogP) is 1.31. The van der Waals surface area contributed by atoms with Crippen LogP contribution in [-0.2, 0) is 21.1 Å². The summed E-state index contributed by atoms with van der Waals surface area (Å²) >= 11 is 0. The Labute approximate surface area is 132 Å². The molecule has 1 atom stereocenters. The second-order valence-corrected chi connectivity index (χ2v) is 7.99. The zero-order valence-corrected chi connectivity index (χ0v) is 14.0. The molecule has 1 amide bonds. The zero-order chi connectivity index (χ0) is 16.6. The highest BCUT2D eigenvalue weighted by Crippen LogP contribution is 2.08. The Morgan fingerprint density at radius 3 is 2.45 bits per heavy atom. The number of hydrogen-bond donors (Lipinski definition) is 2. The van der Waals surface area contributed by atoms with E-state index in [1.54, 1.807) is 6.92 Å². The van der Waals surface area contributed by atoms with Gasteiger partial charge in [-0.2, -0.15) is 0 Å². The van der Waals surface area contributed by atoms with Gasteiger partial charge in [0.2, 0.25) is 5.91 Å². The van der Waals surface area contributed by atoms with E-state index in [0.29, 0.717) is 19.3 Å². The van der Waals surface area contributed by atoms with Crippen molar-refractivity contribution in [2.45, 2.75) is 38.6 Å². The Hall–Kier alpha value is -1.40. The van der Waals surface area contributed by atoms with Gasteiger partial charge in [-0.05, 0) is 31.7 Å². The van der Waals surface area contributed by atoms with Crippen molar-refractivity contribution in [1.29, 1.82) is 0 Å². The lowest BCUT2D eigenvalue weighted by Gasteiger charge is -2.27. The minimum atomic E-state index is -3.43. The van der Waals surface area contributed by atoms with Crippen molar-refractivity contribution in [2.75, 3.05) is 18.1 Å². The summed E-state index contributed by atoms with van der Waals surface area (Å²) in [6.45, 7) is 3.29. The first-order valence-electron chi connectivity index (χ1n) is 7.46. The van der Waals surface area contributed by atoms with Gasteiger partial charge in [-0.15, -0.1) is 0 Å². The lowest BCUT2D eigenvalue weighted by Crippen LogP contribution is -2.50. The Kier molecular flexibility index (Phi) is 7.03. The summed E-state index contributed by atoms with van der Waals surface area (Å²) in [7, 11) is -3.43. The number of carbonyl (C=O) groups excluding carboxylic acids is 1. The minimum Gasteiger partial charge on any atom is -0.394 e. The lowest BCUT2D eigenvalue weighted by atomic mass is 10.0. The van der Waals surface area contributed by atoms with Crippen LogP contribution >= 0.6 is 0 Å². The molecular weight excluding hydrogens is 302 g/mol. The van der Waals surface area contributed by atoms with Crippen molar-refractivity contribution in [3.05, 3.63) is 35.9 Å². The quantitative estimate of drug-likeness (QED) is 0.716. The van der Waals surface area contributed by atoms with Gasteiger partial charge in [-0.3, -0.25) is 4.79 Å². The number of carbonyl (C=O) groups is 1. The molecule has 0 aliphatic rings. The van der Waals surface area contributed by atoms with Crippen molar-refractivity contribution in [3.63, 3.8) is 0 Å². The first-order valence-corrected chi connectivity index (χ1v) is 9.28. The van der Waals surface area contributed by atoms with Gasteiger partial charge in [0.1, 0.15) is 5.75 Å². The molecular formula is C16H25NO4S. The van der Waals surface area contributed by atoms with E-state index in [-0.39, 0.29) is 12.4 Å². The van der Waals surface area contributed by atoms with E-state index < -0.39 is 27.0 Å². The smallest absolute Gasteiger partial charge is 0.235 e. The number of aliphatic hydroxyl groups is 1. The van der Waals surface area contributed by atoms with Crippen LogP contribution in [0.2, 0.25) is 0 Å². The molecule has 0 saturated heterocycles. The number of aliphatic hydroxyl groups excluding tert-OH is 1. The average Bonchev–Trinajstić information content (AvgIpc) is 2.47. The van der Waals surface area contributed by atoms with Crippen LogP contribution < -0.4 is 5.32 Å². The highest BCUT2D eigenvalue weighted by molar-refractivity contribution is 7.92. The number of sulfone groups is 1. The molecule has 5 nitrogen and oxygen atoms in total. The van der Waals surface area contributed by atoms with Gasteiger partial charge in [-0.25, -0.2) is 8.42 Å². The Morgan fingerprint density at radius 2 is 1.91 bits per heavy atom. The van der Waals surface area contributed by atoms with Gasteiger partial charge in [0, 0.05) is 0 Å². The van der Waals surface area contributed by atoms with E-state index in [1.807, 2.05) is 37.3 Å². The first-order chi connectivity index (χ1) is 10.3. The van der Waals surface area contributed by atoms with Gasteiger partial charge in [0.05, 0.1) is 17.9 Å². The molecule has 0 aromatic heterocycles. The van der Waals surface area contributed by atoms with Crippen LogP contribution in [0, 0.1) is 0 Å². The number of aryl methyl sites for hydroxylation is 1. The van der Waals surface area contributed by atoms with Crippen LogP contribution in [0.25, 0.3) is 0 Å². The molecule has 0 saturated carbocycles. The maximum Gasteiger partial charge on any atom is 0.235 e. The SMILES string of the molecule is CC[C@@](C)(CO)NC(=O)CS(=O)(=O)CCCc1ccccc1. The molecule has 0 radical (unpaired) electrons. The summed E-state index contributed by atoms with van der Waals surface area (Å²) < 4.78 is 23.9. The molecule has 1 aromatic rings. The highest BCUT2D eigenvalue weighted by Gasteiger charge is 2.25. The Bertz CT molecular complexity index is 565. The number of hydrogen-bond acceptors (Lipinski definition) is 4. The molecule has 0 unspecified atom stereocenters. The Balaban J connectivity index is 2.45. The van der Waals surface area contributed by atoms with Crippen LogP contribution in [0.4, 0.5) is 0 Å². The maximum absolute atomic E-state index is 12.0. The second kappa shape index (κ2) is 8.29. The van der Waals surface area contributed by atoms with Crippen molar-refractivity contribution >= 4 is 15.7 Å². The van der Waals surface area contributed by atoms with Crippen molar-refractivity contribution in [3.8, 4) is 0 Å². The second-order valence-electron chi connectivity index (χ2n) is 5.80. The zero-order valence-electron chi connectivity index (χ0n) is 13.2. The molecule has 0 aliphatic heterocycles. The lowest BCUT2D eigenvalue weighted by molar-refractivity contribution is -0.120. The van der Waals surface area contributed by atoms with Crippen LogP contribution in [-0.4, -0.2) is 43.1 Å². The molecule has 124 valence electrons. The van der Waals surface area contributed by atoms with Crippen LogP contribution in [0.3, 0.4) is 0 Å². The molecule has 0 heterocycles. The Morgan fingerprint density at radius 1 is 1.27 bits per heavy atom. The van der Waals surface area contributed by atoms with Crippen molar-refractivity contribution in [2.24, 2.45) is 0 Å². The largest absolute Gasteiger partial charge is 0.394 e. The summed E-state index contributed by atoms with van der Waals surface area (Å²) in [5.74, 6) is -1.10. The summed E-state index contributed by atoms with van der Waals surface area (Å²) in [6, 6.07) is 9.65. The van der Waals surface area contributed by atoms with E-state index in [4.69, 9.17) is 0 Å². The predicted molar refractivity (Wildman–Crippen MR) is 87.3 cm³/mol. The van der Waals surface area contributed by atoms with Crippen LogP contribution in [0.1, 0.15) is 32.3 Å². The summed E-state index contributed by atoms with van der Waals surface area (Å²) in [4.78, 5) is 11.8. The number of benzene rings is 1. The van der Waals surface area contributed by atoms with Gasteiger partial charge < -0.3 is 10.4 Å². The van der Waals surface area contributed by atoms with Crippen molar-refractivity contribution < 1.29 is 18.3 Å². The minimum absolute atomic E-state index is 0.0166. The molecule has 1 aromatic carbocycles. The van der Waals surface area contributed by atoms with Gasteiger partial charge in [-0.1, -0.05) is 37.3 Å². The topological polar surface area (TPSA) is 83.5 Å². The number of rotatable bonds is 9. The number of nitrogens with one attached hydrogen (secondary N) is 1. The summed E-state index contributed by atoms with van der Waals surface area (Å²) in [5.41, 5.74) is 0.317. The molecule has 6 heteroatoms. The molecule has 22 heavy (non-hydrogen) atoms. The van der Waals surface area contributed by atoms with E-state index in [2.05, 4.69) is 5.32 Å². The molecule has 0 spiro atoms. The standard InChI is InChI=1S/C16H25NO4S/c1-3-16(2,13-18)17-15(19)12-22(20,21)11-7-10-14-8-5-4-6-9-14/h4-6,8-9,18H,3,7,10-13H2,1-2H3,(H,17,19)/t16-/m0/s1. The maximum atomic E-state index is 12.0. The fraction of sp³-hybridized carbons (Fsp3) is 0.562. The third-order valence-electron chi connectivity index (χ3n) is 3.69. The molecule has 0 bridgehead atoms. The van der Waals surface area contributed by atoms with Gasteiger partial charge in [0.25, 0.3) is 0 Å². The fourth-order valence-electron chi connectivity index (χ4n) is 2.03. The van der Waals surface area contributed by atoms with E-state index in [1.165, 1.54) is 0 Å².